The van der Waals surface area contributed by atoms with Gasteiger partial charge in [-0.15, -0.1) is 0 Å². The first kappa shape index (κ1) is 18.6. The van der Waals surface area contributed by atoms with Crippen molar-refractivity contribution in [2.45, 2.75) is 19.8 Å². The van der Waals surface area contributed by atoms with Gasteiger partial charge >= 0.3 is 0 Å². The minimum absolute atomic E-state index is 0.144. The van der Waals surface area contributed by atoms with E-state index in [4.69, 9.17) is 0 Å². The van der Waals surface area contributed by atoms with Crippen LogP contribution in [0.25, 0.3) is 16.9 Å². The molecule has 0 aliphatic carbocycles. The summed E-state index contributed by atoms with van der Waals surface area (Å²) in [6.45, 7) is 2.57. The van der Waals surface area contributed by atoms with E-state index < -0.39 is 0 Å². The fourth-order valence-corrected chi connectivity index (χ4v) is 3.17. The van der Waals surface area contributed by atoms with E-state index in [9.17, 15) is 4.79 Å². The third-order valence-corrected chi connectivity index (χ3v) is 4.76. The normalized spacial score (nSPS) is 10.8. The average Bonchev–Trinajstić information content (AvgIpc) is 3.39. The molecule has 29 heavy (non-hydrogen) atoms. The second-order valence-electron chi connectivity index (χ2n) is 6.79. The van der Waals surface area contributed by atoms with Gasteiger partial charge in [-0.3, -0.25) is 14.9 Å². The molecule has 0 unspecified atom stereocenters. The number of hydrogen-bond acceptors (Lipinski definition) is 4. The summed E-state index contributed by atoms with van der Waals surface area (Å²) in [6, 6.07) is 13.5. The summed E-state index contributed by atoms with van der Waals surface area (Å²) in [5, 5.41) is 14.6. The molecule has 7 heteroatoms. The molecule has 0 atom stereocenters. The van der Waals surface area contributed by atoms with Crippen LogP contribution in [0.2, 0.25) is 0 Å². The average molecular weight is 386 g/mol. The van der Waals surface area contributed by atoms with E-state index in [1.54, 1.807) is 23.3 Å². The summed E-state index contributed by atoms with van der Waals surface area (Å²) in [7, 11) is 0. The highest BCUT2D eigenvalue weighted by Crippen LogP contribution is 2.23. The van der Waals surface area contributed by atoms with Gasteiger partial charge < -0.3 is 5.32 Å². The van der Waals surface area contributed by atoms with Gasteiger partial charge in [0.15, 0.2) is 0 Å². The molecule has 0 spiro atoms. The molecule has 3 heterocycles. The van der Waals surface area contributed by atoms with Gasteiger partial charge in [0.25, 0.3) is 5.91 Å². The van der Waals surface area contributed by atoms with Gasteiger partial charge in [0, 0.05) is 36.4 Å². The minimum atomic E-state index is -0.144. The second kappa shape index (κ2) is 8.52. The van der Waals surface area contributed by atoms with E-state index in [-0.39, 0.29) is 5.91 Å². The number of carbonyl (C=O) groups excluding carboxylic acids is 1. The fraction of sp³-hybridized carbons (Fsp3) is 0.182. The predicted molar refractivity (Wildman–Crippen MR) is 111 cm³/mol. The lowest BCUT2D eigenvalue weighted by molar-refractivity contribution is 0.0954. The van der Waals surface area contributed by atoms with Gasteiger partial charge in [0.1, 0.15) is 5.69 Å². The fourth-order valence-electron chi connectivity index (χ4n) is 3.17. The van der Waals surface area contributed by atoms with Gasteiger partial charge in [-0.05, 0) is 49.6 Å². The lowest BCUT2D eigenvalue weighted by Gasteiger charge is -2.05. The summed E-state index contributed by atoms with van der Waals surface area (Å²) in [5.74, 6) is -0.144. The summed E-state index contributed by atoms with van der Waals surface area (Å²) in [5.41, 5.74) is 5.09. The molecule has 2 N–H and O–H groups in total. The highest BCUT2D eigenvalue weighted by Gasteiger charge is 2.18. The molecule has 4 rings (SSSR count). The van der Waals surface area contributed by atoms with Crippen LogP contribution in [0.1, 0.15) is 28.0 Å². The molecule has 7 nitrogen and oxygen atoms in total. The van der Waals surface area contributed by atoms with Crippen molar-refractivity contribution in [2.24, 2.45) is 0 Å². The molecule has 0 radical (unpaired) electrons. The molecule has 4 aromatic rings. The Morgan fingerprint density at radius 3 is 2.72 bits per heavy atom. The lowest BCUT2D eigenvalue weighted by atomic mass is 10.1. The molecular weight excluding hydrogens is 364 g/mol. The van der Waals surface area contributed by atoms with Gasteiger partial charge in [0.2, 0.25) is 0 Å². The first-order valence-corrected chi connectivity index (χ1v) is 9.55. The number of rotatable bonds is 7. The zero-order valence-corrected chi connectivity index (χ0v) is 16.2. The number of para-hydroxylation sites is 1. The van der Waals surface area contributed by atoms with Gasteiger partial charge in [-0.25, -0.2) is 4.68 Å². The third-order valence-electron chi connectivity index (χ3n) is 4.76. The minimum Gasteiger partial charge on any atom is -0.352 e. The van der Waals surface area contributed by atoms with Crippen LogP contribution in [0.3, 0.4) is 0 Å². The Kier molecular flexibility index (Phi) is 5.47. The number of carbonyl (C=O) groups is 1. The van der Waals surface area contributed by atoms with Crippen molar-refractivity contribution in [3.05, 3.63) is 84.1 Å². The molecule has 0 fully saturated rings. The summed E-state index contributed by atoms with van der Waals surface area (Å²) in [4.78, 5) is 17.1. The number of nitrogens with one attached hydrogen (secondary N) is 2. The number of H-pyrrole nitrogens is 1. The van der Waals surface area contributed by atoms with Crippen molar-refractivity contribution in [1.82, 2.24) is 30.3 Å². The van der Waals surface area contributed by atoms with Crippen molar-refractivity contribution in [3.63, 3.8) is 0 Å². The van der Waals surface area contributed by atoms with Crippen LogP contribution in [-0.4, -0.2) is 37.4 Å². The number of amides is 1. The molecular formula is C22H22N6O. The zero-order chi connectivity index (χ0) is 20.1. The van der Waals surface area contributed by atoms with Gasteiger partial charge in [-0.1, -0.05) is 18.2 Å². The number of aromatic nitrogens is 5. The van der Waals surface area contributed by atoms with Gasteiger partial charge in [-0.2, -0.15) is 10.2 Å². The Morgan fingerprint density at radius 2 is 2.00 bits per heavy atom. The quantitative estimate of drug-likeness (QED) is 0.477. The van der Waals surface area contributed by atoms with E-state index in [0.29, 0.717) is 17.8 Å². The van der Waals surface area contributed by atoms with Crippen LogP contribution in [0, 0.1) is 6.92 Å². The van der Waals surface area contributed by atoms with Crippen LogP contribution in [0.15, 0.2) is 67.3 Å². The van der Waals surface area contributed by atoms with Crippen molar-refractivity contribution >= 4 is 5.91 Å². The maximum Gasteiger partial charge on any atom is 0.255 e. The van der Waals surface area contributed by atoms with Crippen molar-refractivity contribution in [1.29, 1.82) is 0 Å². The first-order valence-electron chi connectivity index (χ1n) is 9.55. The Morgan fingerprint density at radius 1 is 1.14 bits per heavy atom. The Hall–Kier alpha value is -3.74. The maximum absolute atomic E-state index is 12.9. The molecule has 0 aliphatic rings. The lowest BCUT2D eigenvalue weighted by Crippen LogP contribution is -2.25. The van der Waals surface area contributed by atoms with Crippen molar-refractivity contribution in [3.8, 4) is 16.9 Å². The molecule has 3 aromatic heterocycles. The number of benzene rings is 1. The number of nitrogens with zero attached hydrogens (tertiary/aromatic N) is 4. The van der Waals surface area contributed by atoms with Gasteiger partial charge in [0.05, 0.1) is 17.4 Å². The number of hydrogen-bond donors (Lipinski definition) is 2. The summed E-state index contributed by atoms with van der Waals surface area (Å²) in [6.07, 6.45) is 8.72. The monoisotopic (exact) mass is 386 g/mol. The number of pyridine rings is 1. The van der Waals surface area contributed by atoms with Crippen molar-refractivity contribution < 1.29 is 4.79 Å². The predicted octanol–water partition coefficient (Wildman–Crippen LogP) is 3.33. The first-order chi connectivity index (χ1) is 14.2. The number of aryl methyl sites for hydroxylation is 2. The third kappa shape index (κ3) is 4.24. The molecule has 1 amide bonds. The summed E-state index contributed by atoms with van der Waals surface area (Å²) < 4.78 is 1.73. The largest absolute Gasteiger partial charge is 0.352 e. The number of aromatic amines is 1. The van der Waals surface area contributed by atoms with Crippen LogP contribution in [0.4, 0.5) is 0 Å². The highest BCUT2D eigenvalue weighted by atomic mass is 16.1. The van der Waals surface area contributed by atoms with Crippen LogP contribution in [0.5, 0.6) is 0 Å². The topological polar surface area (TPSA) is 88.5 Å². The highest BCUT2D eigenvalue weighted by molar-refractivity contribution is 5.99. The van der Waals surface area contributed by atoms with E-state index in [0.717, 1.165) is 29.8 Å². The Balaban J connectivity index is 1.52. The molecule has 0 aliphatic heterocycles. The second-order valence-corrected chi connectivity index (χ2v) is 6.79. The van der Waals surface area contributed by atoms with Crippen LogP contribution < -0.4 is 5.32 Å². The van der Waals surface area contributed by atoms with Crippen LogP contribution in [-0.2, 0) is 6.42 Å². The molecule has 0 saturated heterocycles. The Labute approximate surface area is 168 Å². The van der Waals surface area contributed by atoms with Crippen molar-refractivity contribution in [2.75, 3.05) is 6.54 Å². The smallest absolute Gasteiger partial charge is 0.255 e. The van der Waals surface area contributed by atoms with E-state index in [1.807, 2.05) is 55.6 Å². The Bertz CT molecular complexity index is 1080. The SMILES string of the molecule is Cc1[nH]ncc1CCCNC(=O)c1cn(-c2ccccc2)nc1-c1cccnc1. The van der Waals surface area contributed by atoms with E-state index in [1.165, 1.54) is 5.56 Å². The maximum atomic E-state index is 12.9. The van der Waals surface area contributed by atoms with Crippen LogP contribution >= 0.6 is 0 Å². The zero-order valence-electron chi connectivity index (χ0n) is 16.2. The molecule has 146 valence electrons. The molecule has 0 bridgehead atoms. The van der Waals surface area contributed by atoms with E-state index in [2.05, 4.69) is 25.6 Å². The summed E-state index contributed by atoms with van der Waals surface area (Å²) >= 11 is 0. The molecule has 0 saturated carbocycles. The standard InChI is InChI=1S/C22H22N6O/c1-16-17(14-25-26-16)7-6-12-24-22(29)20-15-28(19-9-3-2-4-10-19)27-21(20)18-8-5-11-23-13-18/h2-5,8-11,13-15H,6-7,12H2,1H3,(H,24,29)(H,25,26). The van der Waals surface area contributed by atoms with E-state index >= 15 is 0 Å². The molecule has 1 aromatic carbocycles.